The van der Waals surface area contributed by atoms with Crippen LogP contribution in [0, 0.1) is 0 Å². The second kappa shape index (κ2) is 21.9. The zero-order chi connectivity index (χ0) is 52.4. The Hall–Kier alpha value is -3.77. The van der Waals surface area contributed by atoms with Crippen LogP contribution in [0.5, 0.6) is 0 Å². The molecule has 0 aromatic heterocycles. The molecule has 2 bridgehead atoms. The predicted molar refractivity (Wildman–Crippen MR) is 313 cm³/mol. The Balaban J connectivity index is 1.48. The van der Waals surface area contributed by atoms with Gasteiger partial charge in [0.15, 0.2) is 25.0 Å². The Morgan fingerprint density at radius 2 is 0.689 bits per heavy atom. The molecule has 0 amide bonds. The average molecular weight is 1160 g/mol. The van der Waals surface area contributed by atoms with Crippen molar-refractivity contribution in [3.63, 3.8) is 0 Å². The Labute approximate surface area is 448 Å². The molecule has 0 saturated carbocycles. The van der Waals surface area contributed by atoms with Crippen molar-refractivity contribution < 1.29 is 49.7 Å². The van der Waals surface area contributed by atoms with Crippen LogP contribution in [0.15, 0.2) is 212 Å². The fraction of sp³-hybridized carbons (Fsp3) is 0.192. The van der Waals surface area contributed by atoms with Gasteiger partial charge < -0.3 is 49.7 Å². The lowest BCUT2D eigenvalue weighted by molar-refractivity contribution is 0.0711. The van der Waals surface area contributed by atoms with E-state index < -0.39 is 87.1 Å². The number of rotatable bonds is 16. The summed E-state index contributed by atoms with van der Waals surface area (Å²) >= 11 is 0. The summed E-state index contributed by atoms with van der Waals surface area (Å²) in [4.78, 5) is 0. The minimum Gasteiger partial charge on any atom is -0.413 e. The molecular weight excluding hydrogens is 1100 g/mol. The molecule has 2 aliphatic rings. The summed E-state index contributed by atoms with van der Waals surface area (Å²) in [6, 6.07) is 69.0. The van der Waals surface area contributed by atoms with Gasteiger partial charge in [0.2, 0.25) is 0 Å². The highest BCUT2D eigenvalue weighted by atomic mass is 28.6. The number of fused-ring (bicyclic) bond motifs is 2. The molecule has 386 valence electrons. The maximum atomic E-state index is 8.36. The average Bonchev–Trinajstić information content (AvgIpc) is 3.39. The molecule has 0 spiro atoms. The highest BCUT2D eigenvalue weighted by molar-refractivity contribution is 7.08. The molecule has 22 heteroatoms. The molecule has 0 radical (unpaired) electrons. The van der Waals surface area contributed by atoms with E-state index in [2.05, 4.69) is 58.9 Å². The van der Waals surface area contributed by atoms with E-state index >= 15 is 0 Å². The van der Waals surface area contributed by atoms with Gasteiger partial charge in [-0.25, -0.2) is 0 Å². The molecule has 7 atom stereocenters. The fourth-order valence-electron chi connectivity index (χ4n) is 8.74. The molecular formula is C52H66O12Si10. The second-order valence-corrected chi connectivity index (χ2v) is 54.8. The maximum absolute atomic E-state index is 8.36. The molecule has 7 aromatic carbocycles. The summed E-state index contributed by atoms with van der Waals surface area (Å²) < 4.78 is 95.3. The van der Waals surface area contributed by atoms with Crippen molar-refractivity contribution in [2.24, 2.45) is 0 Å². The Morgan fingerprint density at radius 1 is 0.338 bits per heavy atom. The molecule has 12 nitrogen and oxygen atoms in total. The normalized spacial score (nSPS) is 26.6. The third-order valence-corrected chi connectivity index (χ3v) is 46.9. The minimum atomic E-state index is -4.87. The summed E-state index contributed by atoms with van der Waals surface area (Å²) in [6.45, 7) is 19.1. The summed E-state index contributed by atoms with van der Waals surface area (Å²) in [6.07, 6.45) is 0. The van der Waals surface area contributed by atoms with Crippen molar-refractivity contribution in [2.75, 3.05) is 7.11 Å². The summed E-state index contributed by atoms with van der Waals surface area (Å²) in [5.74, 6) is 0. The van der Waals surface area contributed by atoms with Crippen LogP contribution >= 0.6 is 0 Å². The first-order valence-corrected chi connectivity index (χ1v) is 46.9. The second-order valence-electron chi connectivity index (χ2n) is 21.0. The van der Waals surface area contributed by atoms with Gasteiger partial charge >= 0.3 is 62.1 Å². The lowest BCUT2D eigenvalue weighted by Gasteiger charge is -2.55. The highest BCUT2D eigenvalue weighted by Crippen LogP contribution is 2.40. The number of hydrogen-bond donors (Lipinski definition) is 0. The van der Waals surface area contributed by atoms with Crippen LogP contribution < -0.4 is 36.3 Å². The Morgan fingerprint density at radius 3 is 1.12 bits per heavy atom. The molecule has 0 N–H and O–H groups in total. The quantitative estimate of drug-likeness (QED) is 0.0980. The Kier molecular flexibility index (Phi) is 16.3. The van der Waals surface area contributed by atoms with Crippen LogP contribution in [0.3, 0.4) is 0 Å². The Bertz CT molecular complexity index is 2920. The van der Waals surface area contributed by atoms with E-state index in [0.717, 1.165) is 10.4 Å². The van der Waals surface area contributed by atoms with E-state index in [1.807, 2.05) is 212 Å². The topological polar surface area (TPSA) is 111 Å². The molecule has 0 aliphatic carbocycles. The van der Waals surface area contributed by atoms with Gasteiger partial charge in [0.05, 0.1) is 0 Å². The van der Waals surface area contributed by atoms with Gasteiger partial charge in [0.25, 0.3) is 0 Å². The van der Waals surface area contributed by atoms with Crippen LogP contribution in [0.4, 0.5) is 0 Å². The van der Waals surface area contributed by atoms with Crippen LogP contribution in [-0.2, 0) is 49.7 Å². The van der Waals surface area contributed by atoms with Crippen molar-refractivity contribution in [3.05, 3.63) is 212 Å². The first-order chi connectivity index (χ1) is 35.2. The van der Waals surface area contributed by atoms with E-state index in [1.165, 1.54) is 0 Å². The number of hydrogen-bond acceptors (Lipinski definition) is 12. The molecule has 7 unspecified atom stereocenters. The third kappa shape index (κ3) is 12.2. The van der Waals surface area contributed by atoms with Crippen LogP contribution in [0.25, 0.3) is 0 Å². The molecule has 2 saturated heterocycles. The van der Waals surface area contributed by atoms with Gasteiger partial charge in [-0.3, -0.25) is 0 Å². The standard InChI is InChI=1S/C52H66O12Si10/c1-53-69(56-66(2,3)4,47-34-20-12-21-35-47)59-73(51-42-28-16-29-43-51)61-71(49-38-24-14-25-39-49)55-65(46-32-18-11-19-33-46)54-70(57-67(5,6)7,48-36-22-13-23-37-48)60-74(62-71,52-44-30-17-31-45-52)64-72(63-73,58-68(8,9)10)50-40-26-15-27-41-50/h11-45,65H,1-10H3. The van der Waals surface area contributed by atoms with Crippen LogP contribution in [-0.4, -0.2) is 94.2 Å². The van der Waals surface area contributed by atoms with Gasteiger partial charge in [-0.05, 0) is 64.1 Å². The van der Waals surface area contributed by atoms with E-state index in [0.29, 0.717) is 25.9 Å². The molecule has 9 rings (SSSR count). The smallest absolute Gasteiger partial charge is 0.413 e. The summed E-state index contributed by atoms with van der Waals surface area (Å²) in [5, 5.41) is 4.69. The number of benzene rings is 7. The highest BCUT2D eigenvalue weighted by Gasteiger charge is 2.76. The lowest BCUT2D eigenvalue weighted by Crippen LogP contribution is -2.87. The molecule has 74 heavy (non-hydrogen) atoms. The van der Waals surface area contributed by atoms with E-state index in [-0.39, 0.29) is 0 Å². The van der Waals surface area contributed by atoms with Crippen molar-refractivity contribution >= 4 is 123 Å². The fourth-order valence-corrected chi connectivity index (χ4v) is 53.1. The maximum Gasteiger partial charge on any atom is 0.519 e. The lowest BCUT2D eigenvalue weighted by atomic mass is 10.4. The van der Waals surface area contributed by atoms with E-state index in [1.54, 1.807) is 7.11 Å². The predicted octanol–water partition coefficient (Wildman–Crippen LogP) is 6.55. The van der Waals surface area contributed by atoms with Crippen molar-refractivity contribution in [1.82, 2.24) is 0 Å². The monoisotopic (exact) mass is 1160 g/mol. The van der Waals surface area contributed by atoms with E-state index in [9.17, 15) is 0 Å². The minimum absolute atomic E-state index is 0.584. The molecule has 2 aliphatic heterocycles. The zero-order valence-corrected chi connectivity index (χ0v) is 53.8. The SMILES string of the molecule is CO[Si](O[Si](C)(C)C)(O[Si]1(c2ccccc2)O[Si]2(c3ccccc3)O[SiH](c3ccccc3)O[Si](O[Si](C)(C)C)(c3ccccc3)O[Si](c3ccccc3)(O2)O[Si](O[Si](C)(C)C)(c2ccccc2)O1)c1ccccc1. The van der Waals surface area contributed by atoms with Crippen LogP contribution in [0.2, 0.25) is 58.9 Å². The largest absolute Gasteiger partial charge is 0.519 e. The van der Waals surface area contributed by atoms with Gasteiger partial charge in [-0.1, -0.05) is 212 Å². The third-order valence-electron chi connectivity index (χ3n) is 11.6. The van der Waals surface area contributed by atoms with Gasteiger partial charge in [0.1, 0.15) is 0 Å². The van der Waals surface area contributed by atoms with Crippen molar-refractivity contribution in [1.29, 1.82) is 0 Å². The summed E-state index contributed by atoms with van der Waals surface area (Å²) in [7, 11) is -37.4. The molecule has 2 fully saturated rings. The van der Waals surface area contributed by atoms with Gasteiger partial charge in [-0.15, -0.1) is 0 Å². The molecule has 2 heterocycles. The first kappa shape index (κ1) is 55.0. The molecule has 7 aromatic rings. The summed E-state index contributed by atoms with van der Waals surface area (Å²) in [5.41, 5.74) is 0. The van der Waals surface area contributed by atoms with Crippen molar-refractivity contribution in [2.45, 2.75) is 58.9 Å². The van der Waals surface area contributed by atoms with Gasteiger partial charge in [0, 0.05) is 38.2 Å². The first-order valence-electron chi connectivity index (χ1n) is 24.8. The van der Waals surface area contributed by atoms with Gasteiger partial charge in [-0.2, -0.15) is 0 Å². The zero-order valence-electron chi connectivity index (χ0n) is 43.7. The van der Waals surface area contributed by atoms with Crippen LogP contribution in [0.1, 0.15) is 0 Å². The van der Waals surface area contributed by atoms with Crippen molar-refractivity contribution in [3.8, 4) is 0 Å². The van der Waals surface area contributed by atoms with E-state index in [4.69, 9.17) is 49.7 Å².